The highest BCUT2D eigenvalue weighted by Crippen LogP contribution is 2.30. The molecule has 0 spiro atoms. The summed E-state index contributed by atoms with van der Waals surface area (Å²) >= 11 is 0. The number of hydrogen-bond donors (Lipinski definition) is 0. The monoisotopic (exact) mass is 322 g/mol. The second-order valence-corrected chi connectivity index (χ2v) is 6.37. The lowest BCUT2D eigenvalue weighted by atomic mass is 10.0. The summed E-state index contributed by atoms with van der Waals surface area (Å²) in [5.41, 5.74) is 4.65. The van der Waals surface area contributed by atoms with Crippen molar-refractivity contribution < 1.29 is 9.18 Å². The Morgan fingerprint density at radius 3 is 2.67 bits per heavy atom. The third kappa shape index (κ3) is 2.48. The molecule has 3 aromatic rings. The van der Waals surface area contributed by atoms with Crippen LogP contribution in [-0.4, -0.2) is 21.9 Å². The third-order valence-corrected chi connectivity index (χ3v) is 4.93. The van der Waals surface area contributed by atoms with Crippen molar-refractivity contribution >= 4 is 16.8 Å². The molecular weight excluding hydrogens is 303 g/mol. The fourth-order valence-corrected chi connectivity index (χ4v) is 3.63. The van der Waals surface area contributed by atoms with E-state index >= 15 is 0 Å². The van der Waals surface area contributed by atoms with Crippen LogP contribution >= 0.6 is 0 Å². The van der Waals surface area contributed by atoms with Gasteiger partial charge in [0.1, 0.15) is 5.82 Å². The number of aromatic nitrogens is 1. The summed E-state index contributed by atoms with van der Waals surface area (Å²) in [6.07, 6.45) is 1.19. The number of aryl methyl sites for hydroxylation is 1. The van der Waals surface area contributed by atoms with Gasteiger partial charge in [-0.3, -0.25) is 4.79 Å². The van der Waals surface area contributed by atoms with E-state index in [-0.39, 0.29) is 11.7 Å². The molecule has 24 heavy (non-hydrogen) atoms. The number of nitrogens with zero attached hydrogens (tertiary/aromatic N) is 2. The van der Waals surface area contributed by atoms with Gasteiger partial charge in [0.25, 0.3) is 0 Å². The van der Waals surface area contributed by atoms with Crippen molar-refractivity contribution in [1.82, 2.24) is 9.47 Å². The molecule has 0 radical (unpaired) electrons. The number of para-hydroxylation sites is 1. The van der Waals surface area contributed by atoms with E-state index in [1.807, 2.05) is 17.0 Å². The van der Waals surface area contributed by atoms with Gasteiger partial charge in [0, 0.05) is 48.7 Å². The molecule has 4 rings (SSSR count). The van der Waals surface area contributed by atoms with E-state index in [4.69, 9.17) is 0 Å². The Kier molecular flexibility index (Phi) is 3.60. The Hall–Kier alpha value is -2.62. The molecule has 0 bridgehead atoms. The molecule has 122 valence electrons. The minimum atomic E-state index is -0.274. The predicted octanol–water partition coefficient (Wildman–Crippen LogP) is 3.44. The van der Waals surface area contributed by atoms with Crippen molar-refractivity contribution in [3.63, 3.8) is 0 Å². The standard InChI is InChI=1S/C20H19FN2O/c1-22-18-5-3-2-4-16(18)17-13-23(11-10-19(17)22)20(24)12-14-6-8-15(21)9-7-14/h2-9H,10-13H2,1H3. The van der Waals surface area contributed by atoms with E-state index < -0.39 is 0 Å². The van der Waals surface area contributed by atoms with Crippen LogP contribution in [-0.2, 0) is 31.2 Å². The molecule has 0 saturated carbocycles. The smallest absolute Gasteiger partial charge is 0.227 e. The molecule has 0 fully saturated rings. The molecule has 1 aliphatic rings. The lowest BCUT2D eigenvalue weighted by Crippen LogP contribution is -2.37. The minimum Gasteiger partial charge on any atom is -0.347 e. The zero-order valence-electron chi connectivity index (χ0n) is 13.6. The first-order valence-electron chi connectivity index (χ1n) is 8.21. The predicted molar refractivity (Wildman–Crippen MR) is 92.1 cm³/mol. The van der Waals surface area contributed by atoms with E-state index in [9.17, 15) is 9.18 Å². The number of carbonyl (C=O) groups is 1. The van der Waals surface area contributed by atoms with E-state index in [2.05, 4.69) is 23.7 Å². The molecule has 0 aliphatic carbocycles. The summed E-state index contributed by atoms with van der Waals surface area (Å²) in [5.74, 6) is -0.176. The maximum atomic E-state index is 13.0. The first kappa shape index (κ1) is 14.9. The number of amides is 1. The molecule has 1 amide bonds. The first-order chi connectivity index (χ1) is 11.6. The Morgan fingerprint density at radius 2 is 1.88 bits per heavy atom. The van der Waals surface area contributed by atoms with Crippen LogP contribution in [0.1, 0.15) is 16.8 Å². The van der Waals surface area contributed by atoms with Crippen molar-refractivity contribution in [2.45, 2.75) is 19.4 Å². The van der Waals surface area contributed by atoms with Crippen LogP contribution in [0.25, 0.3) is 10.9 Å². The molecule has 1 aliphatic heterocycles. The third-order valence-electron chi connectivity index (χ3n) is 4.93. The zero-order valence-corrected chi connectivity index (χ0v) is 13.6. The Bertz CT molecular complexity index is 911. The van der Waals surface area contributed by atoms with Crippen molar-refractivity contribution in [2.24, 2.45) is 7.05 Å². The second-order valence-electron chi connectivity index (χ2n) is 6.37. The van der Waals surface area contributed by atoms with Crippen LogP contribution in [0.5, 0.6) is 0 Å². The van der Waals surface area contributed by atoms with Crippen LogP contribution in [0.4, 0.5) is 4.39 Å². The largest absolute Gasteiger partial charge is 0.347 e. The van der Waals surface area contributed by atoms with Crippen LogP contribution in [0.2, 0.25) is 0 Å². The van der Waals surface area contributed by atoms with E-state index in [0.29, 0.717) is 13.0 Å². The van der Waals surface area contributed by atoms with Crippen molar-refractivity contribution in [1.29, 1.82) is 0 Å². The second kappa shape index (κ2) is 5.78. The molecule has 0 atom stereocenters. The molecule has 0 N–H and O–H groups in total. The molecule has 0 saturated heterocycles. The minimum absolute atomic E-state index is 0.0974. The van der Waals surface area contributed by atoms with Gasteiger partial charge in [0.2, 0.25) is 5.91 Å². The summed E-state index contributed by atoms with van der Waals surface area (Å²) < 4.78 is 15.2. The van der Waals surface area contributed by atoms with E-state index in [1.54, 1.807) is 12.1 Å². The normalized spacial score (nSPS) is 14.0. The van der Waals surface area contributed by atoms with Crippen LogP contribution in [0.15, 0.2) is 48.5 Å². The Balaban J connectivity index is 1.58. The van der Waals surface area contributed by atoms with Gasteiger partial charge in [-0.25, -0.2) is 4.39 Å². The van der Waals surface area contributed by atoms with Gasteiger partial charge in [-0.2, -0.15) is 0 Å². The van der Waals surface area contributed by atoms with Crippen LogP contribution in [0.3, 0.4) is 0 Å². The molecule has 1 aromatic heterocycles. The van der Waals surface area contributed by atoms with Crippen molar-refractivity contribution in [3.05, 3.63) is 71.2 Å². The fraction of sp³-hybridized carbons (Fsp3) is 0.250. The number of carbonyl (C=O) groups excluding carboxylic acids is 1. The maximum absolute atomic E-state index is 13.0. The maximum Gasteiger partial charge on any atom is 0.227 e. The van der Waals surface area contributed by atoms with Gasteiger partial charge in [-0.05, 0) is 23.8 Å². The van der Waals surface area contributed by atoms with Crippen LogP contribution < -0.4 is 0 Å². The van der Waals surface area contributed by atoms with E-state index in [0.717, 1.165) is 18.5 Å². The highest BCUT2D eigenvalue weighted by atomic mass is 19.1. The van der Waals surface area contributed by atoms with Gasteiger partial charge < -0.3 is 9.47 Å². The lowest BCUT2D eigenvalue weighted by molar-refractivity contribution is -0.131. The highest BCUT2D eigenvalue weighted by Gasteiger charge is 2.25. The molecule has 2 heterocycles. The topological polar surface area (TPSA) is 25.2 Å². The number of fused-ring (bicyclic) bond motifs is 3. The highest BCUT2D eigenvalue weighted by molar-refractivity contribution is 5.87. The van der Waals surface area contributed by atoms with Gasteiger partial charge in [0.05, 0.1) is 6.42 Å². The van der Waals surface area contributed by atoms with Crippen molar-refractivity contribution in [2.75, 3.05) is 6.54 Å². The van der Waals surface area contributed by atoms with Gasteiger partial charge in [0.15, 0.2) is 0 Å². The molecular formula is C20H19FN2O. The quantitative estimate of drug-likeness (QED) is 0.709. The summed E-state index contributed by atoms with van der Waals surface area (Å²) in [5, 5.41) is 1.23. The lowest BCUT2D eigenvalue weighted by Gasteiger charge is -2.28. The number of benzene rings is 2. The SMILES string of the molecule is Cn1c2c(c3ccccc31)CN(C(=O)Cc1ccc(F)cc1)CC2. The Morgan fingerprint density at radius 1 is 1.12 bits per heavy atom. The summed E-state index contributed by atoms with van der Waals surface area (Å²) in [6.45, 7) is 1.38. The number of hydrogen-bond acceptors (Lipinski definition) is 1. The number of rotatable bonds is 2. The summed E-state index contributed by atoms with van der Waals surface area (Å²) in [4.78, 5) is 14.5. The zero-order chi connectivity index (χ0) is 16.7. The average Bonchev–Trinajstić information content (AvgIpc) is 2.90. The average molecular weight is 322 g/mol. The molecule has 3 nitrogen and oxygen atoms in total. The van der Waals surface area contributed by atoms with Gasteiger partial charge in [-0.15, -0.1) is 0 Å². The molecule has 4 heteroatoms. The van der Waals surface area contributed by atoms with Crippen molar-refractivity contribution in [3.8, 4) is 0 Å². The fourth-order valence-electron chi connectivity index (χ4n) is 3.63. The van der Waals surface area contributed by atoms with Gasteiger partial charge in [-0.1, -0.05) is 30.3 Å². The van der Waals surface area contributed by atoms with E-state index in [1.165, 1.54) is 34.3 Å². The summed E-state index contributed by atoms with van der Waals surface area (Å²) in [6, 6.07) is 14.5. The van der Waals surface area contributed by atoms with Crippen LogP contribution in [0, 0.1) is 5.82 Å². The number of halogens is 1. The Labute approximate surface area is 140 Å². The summed E-state index contributed by atoms with van der Waals surface area (Å²) in [7, 11) is 2.09. The molecule has 0 unspecified atom stereocenters. The molecule has 2 aromatic carbocycles. The first-order valence-corrected chi connectivity index (χ1v) is 8.21. The van der Waals surface area contributed by atoms with Gasteiger partial charge >= 0.3 is 0 Å².